The van der Waals surface area contributed by atoms with Crippen LogP contribution in [0.1, 0.15) is 34.8 Å². The Balaban J connectivity index is 0.00000280. The van der Waals surface area contributed by atoms with Gasteiger partial charge in [-0.15, -0.1) is 12.4 Å². The van der Waals surface area contributed by atoms with Crippen LogP contribution in [0, 0.1) is 0 Å². The predicted molar refractivity (Wildman–Crippen MR) is 114 cm³/mol. The summed E-state index contributed by atoms with van der Waals surface area (Å²) >= 11 is 5.99. The largest absolute Gasteiger partial charge is 0.341 e. The normalized spacial score (nSPS) is 15.4. The molecule has 0 aliphatic carbocycles. The summed E-state index contributed by atoms with van der Waals surface area (Å²) < 4.78 is 0. The van der Waals surface area contributed by atoms with Crippen LogP contribution >= 0.6 is 24.0 Å². The maximum absolute atomic E-state index is 12.7. The highest BCUT2D eigenvalue weighted by Gasteiger charge is 2.24. The summed E-state index contributed by atoms with van der Waals surface area (Å²) in [6.07, 6.45) is 1.02. The molecule has 1 aliphatic heterocycles. The van der Waals surface area contributed by atoms with Crippen LogP contribution in [0.5, 0.6) is 0 Å². The maximum atomic E-state index is 12.7. The highest BCUT2D eigenvalue weighted by Crippen LogP contribution is 2.17. The molecule has 2 aromatic carbocycles. The molecule has 5 nitrogen and oxygen atoms in total. The quantitative estimate of drug-likeness (QED) is 0.820. The van der Waals surface area contributed by atoms with E-state index in [9.17, 15) is 9.59 Å². The van der Waals surface area contributed by atoms with Gasteiger partial charge in [0.15, 0.2) is 0 Å². The molecule has 0 spiro atoms. The van der Waals surface area contributed by atoms with Crippen LogP contribution in [0.4, 0.5) is 0 Å². The van der Waals surface area contributed by atoms with Crippen molar-refractivity contribution in [1.29, 1.82) is 0 Å². The molecule has 1 fully saturated rings. The van der Waals surface area contributed by atoms with E-state index in [0.29, 0.717) is 36.8 Å². The minimum Gasteiger partial charge on any atom is -0.341 e. The first-order valence-corrected chi connectivity index (χ1v) is 9.55. The molecule has 28 heavy (non-hydrogen) atoms. The van der Waals surface area contributed by atoms with Gasteiger partial charge in [-0.3, -0.25) is 9.59 Å². The van der Waals surface area contributed by atoms with Gasteiger partial charge in [-0.05, 0) is 30.2 Å². The van der Waals surface area contributed by atoms with E-state index in [4.69, 9.17) is 17.3 Å². The molecule has 0 saturated carbocycles. The molecular weight excluding hydrogens is 397 g/mol. The minimum atomic E-state index is -0.314. The number of carbonyl (C=O) groups excluding carboxylic acids is 2. The molecule has 2 aromatic rings. The average Bonchev–Trinajstić information content (AvgIpc) is 2.94. The zero-order chi connectivity index (χ0) is 19.2. The SMILES string of the molecule is Cl.NC(CC(=O)N1CCCN(C(=O)c2cccc(Cl)c2)CC1)c1ccccc1. The van der Waals surface area contributed by atoms with Crippen molar-refractivity contribution in [3.05, 3.63) is 70.7 Å². The number of benzene rings is 2. The van der Waals surface area contributed by atoms with E-state index in [1.807, 2.05) is 35.2 Å². The second-order valence-corrected chi connectivity index (χ2v) is 7.19. The van der Waals surface area contributed by atoms with Crippen LogP contribution in [0.25, 0.3) is 0 Å². The summed E-state index contributed by atoms with van der Waals surface area (Å²) in [6, 6.07) is 16.3. The molecule has 0 aromatic heterocycles. The molecule has 1 heterocycles. The maximum Gasteiger partial charge on any atom is 0.253 e. The molecule has 2 N–H and O–H groups in total. The summed E-state index contributed by atoms with van der Waals surface area (Å²) in [6.45, 7) is 2.30. The van der Waals surface area contributed by atoms with Crippen LogP contribution in [-0.2, 0) is 4.79 Å². The average molecular weight is 422 g/mol. The third-order valence-electron chi connectivity index (χ3n) is 4.83. The predicted octanol–water partition coefficient (Wildman–Crippen LogP) is 3.53. The van der Waals surface area contributed by atoms with Crippen LogP contribution in [0.2, 0.25) is 5.02 Å². The highest BCUT2D eigenvalue weighted by atomic mass is 35.5. The standard InChI is InChI=1S/C21H24ClN3O2.ClH/c22-18-9-4-8-17(14-18)21(27)25-11-5-10-24(12-13-25)20(26)15-19(23)16-6-2-1-3-7-16;/h1-4,6-9,14,19H,5,10-13,15,23H2;1H. The minimum absolute atomic E-state index is 0. The van der Waals surface area contributed by atoms with Crippen molar-refractivity contribution in [2.75, 3.05) is 26.2 Å². The van der Waals surface area contributed by atoms with E-state index in [-0.39, 0.29) is 36.7 Å². The highest BCUT2D eigenvalue weighted by molar-refractivity contribution is 6.30. The first-order chi connectivity index (χ1) is 13.0. The molecule has 1 saturated heterocycles. The van der Waals surface area contributed by atoms with Crippen molar-refractivity contribution in [2.45, 2.75) is 18.9 Å². The number of hydrogen-bond donors (Lipinski definition) is 1. The number of nitrogens with zero attached hydrogens (tertiary/aromatic N) is 2. The van der Waals surface area contributed by atoms with E-state index in [2.05, 4.69) is 0 Å². The Morgan fingerprint density at radius 2 is 1.64 bits per heavy atom. The van der Waals surface area contributed by atoms with Gasteiger partial charge >= 0.3 is 0 Å². The summed E-state index contributed by atoms with van der Waals surface area (Å²) in [7, 11) is 0. The first kappa shape index (κ1) is 22.2. The third-order valence-corrected chi connectivity index (χ3v) is 5.06. The Morgan fingerprint density at radius 1 is 0.964 bits per heavy atom. The van der Waals surface area contributed by atoms with E-state index in [1.165, 1.54) is 0 Å². The molecule has 2 amide bonds. The Labute approximate surface area is 176 Å². The zero-order valence-electron chi connectivity index (χ0n) is 15.6. The monoisotopic (exact) mass is 421 g/mol. The van der Waals surface area contributed by atoms with Gasteiger partial charge in [-0.2, -0.15) is 0 Å². The molecular formula is C21H25Cl2N3O2. The fraction of sp³-hybridized carbons (Fsp3) is 0.333. The van der Waals surface area contributed by atoms with Gasteiger partial charge in [-0.25, -0.2) is 0 Å². The van der Waals surface area contributed by atoms with E-state index >= 15 is 0 Å². The Hall–Kier alpha value is -2.08. The molecule has 7 heteroatoms. The lowest BCUT2D eigenvalue weighted by Crippen LogP contribution is -2.38. The topological polar surface area (TPSA) is 66.6 Å². The number of carbonyl (C=O) groups is 2. The van der Waals surface area contributed by atoms with Crippen molar-refractivity contribution in [1.82, 2.24) is 9.80 Å². The zero-order valence-corrected chi connectivity index (χ0v) is 17.2. The number of rotatable bonds is 4. The fourth-order valence-electron chi connectivity index (χ4n) is 3.31. The summed E-state index contributed by atoms with van der Waals surface area (Å²) in [5.41, 5.74) is 7.72. The van der Waals surface area contributed by atoms with Gasteiger partial charge in [0.1, 0.15) is 0 Å². The van der Waals surface area contributed by atoms with E-state index in [0.717, 1.165) is 12.0 Å². The van der Waals surface area contributed by atoms with Crippen LogP contribution in [0.15, 0.2) is 54.6 Å². The number of nitrogens with two attached hydrogens (primary N) is 1. The second kappa shape index (κ2) is 10.5. The van der Waals surface area contributed by atoms with Gasteiger partial charge in [0.05, 0.1) is 0 Å². The van der Waals surface area contributed by atoms with Crippen LogP contribution in [0.3, 0.4) is 0 Å². The smallest absolute Gasteiger partial charge is 0.253 e. The first-order valence-electron chi connectivity index (χ1n) is 9.18. The van der Waals surface area contributed by atoms with Gasteiger partial charge in [0.2, 0.25) is 5.91 Å². The number of amides is 2. The van der Waals surface area contributed by atoms with Crippen molar-refractivity contribution in [3.63, 3.8) is 0 Å². The molecule has 1 unspecified atom stereocenters. The molecule has 1 atom stereocenters. The molecule has 1 aliphatic rings. The van der Waals surface area contributed by atoms with Gasteiger partial charge in [0.25, 0.3) is 5.91 Å². The molecule has 3 rings (SSSR count). The lowest BCUT2D eigenvalue weighted by atomic mass is 10.0. The van der Waals surface area contributed by atoms with Crippen molar-refractivity contribution in [3.8, 4) is 0 Å². The van der Waals surface area contributed by atoms with Gasteiger partial charge < -0.3 is 15.5 Å². The van der Waals surface area contributed by atoms with E-state index < -0.39 is 0 Å². The molecule has 0 radical (unpaired) electrons. The van der Waals surface area contributed by atoms with Gasteiger partial charge in [-0.1, -0.05) is 48.0 Å². The Morgan fingerprint density at radius 3 is 2.36 bits per heavy atom. The number of hydrogen-bond acceptors (Lipinski definition) is 3. The fourth-order valence-corrected chi connectivity index (χ4v) is 3.50. The lowest BCUT2D eigenvalue weighted by Gasteiger charge is -2.23. The van der Waals surface area contributed by atoms with Crippen LogP contribution < -0.4 is 5.73 Å². The summed E-state index contributed by atoms with van der Waals surface area (Å²) in [5, 5.41) is 0.544. The second-order valence-electron chi connectivity index (χ2n) is 6.76. The number of halogens is 2. The van der Waals surface area contributed by atoms with Crippen molar-refractivity contribution >= 4 is 35.8 Å². The van der Waals surface area contributed by atoms with Gasteiger partial charge in [0, 0.05) is 49.2 Å². The molecule has 150 valence electrons. The molecule has 0 bridgehead atoms. The van der Waals surface area contributed by atoms with Crippen molar-refractivity contribution in [2.24, 2.45) is 5.73 Å². The summed E-state index contributed by atoms with van der Waals surface area (Å²) in [4.78, 5) is 28.9. The lowest BCUT2D eigenvalue weighted by molar-refractivity contribution is -0.131. The van der Waals surface area contributed by atoms with E-state index in [1.54, 1.807) is 29.2 Å². The third kappa shape index (κ3) is 5.71. The van der Waals surface area contributed by atoms with Crippen molar-refractivity contribution < 1.29 is 9.59 Å². The Bertz CT molecular complexity index is 801. The van der Waals surface area contributed by atoms with Crippen LogP contribution in [-0.4, -0.2) is 47.8 Å². The summed E-state index contributed by atoms with van der Waals surface area (Å²) in [5.74, 6) is -0.0174. The Kier molecular flexibility index (Phi) is 8.30.